The molecule has 0 aliphatic heterocycles. The Morgan fingerprint density at radius 1 is 1.56 bits per heavy atom. The fraction of sp³-hybridized carbons (Fsp3) is 0.462. The van der Waals surface area contributed by atoms with Gasteiger partial charge in [-0.2, -0.15) is 0 Å². The number of carbonyl (C=O) groups is 1. The minimum atomic E-state index is -0.226. The maximum atomic E-state index is 11.9. The Morgan fingerprint density at radius 3 is 2.89 bits per heavy atom. The number of nitrogens with one attached hydrogen (secondary N) is 1. The van der Waals surface area contributed by atoms with E-state index in [4.69, 9.17) is 15.6 Å². The number of carbonyl (C=O) groups excluding carboxylic acids is 1. The van der Waals surface area contributed by atoms with Gasteiger partial charge in [0.2, 0.25) is 0 Å². The normalized spacial score (nSPS) is 11.9. The van der Waals surface area contributed by atoms with Gasteiger partial charge >= 0.3 is 0 Å². The predicted molar refractivity (Wildman–Crippen MR) is 70.6 cm³/mol. The van der Waals surface area contributed by atoms with E-state index in [9.17, 15) is 4.79 Å². The second-order valence-electron chi connectivity index (χ2n) is 4.28. The van der Waals surface area contributed by atoms with Crippen molar-refractivity contribution in [2.24, 2.45) is 5.92 Å². The van der Waals surface area contributed by atoms with Crippen molar-refractivity contribution in [1.82, 2.24) is 5.32 Å². The highest BCUT2D eigenvalue weighted by Gasteiger charge is 2.12. The van der Waals surface area contributed by atoms with Crippen molar-refractivity contribution in [2.75, 3.05) is 26.0 Å². The molecule has 1 unspecified atom stereocenters. The number of methoxy groups -OCH3 is 1. The van der Waals surface area contributed by atoms with Crippen LogP contribution in [0.2, 0.25) is 0 Å². The molecule has 1 aromatic rings. The fourth-order valence-electron chi connectivity index (χ4n) is 1.54. The van der Waals surface area contributed by atoms with Crippen LogP contribution in [0.25, 0.3) is 0 Å². The van der Waals surface area contributed by atoms with Crippen LogP contribution in [0.1, 0.15) is 23.7 Å². The molecule has 5 heteroatoms. The Bertz CT molecular complexity index is 407. The molecular formula is C13H20N2O3. The van der Waals surface area contributed by atoms with Crippen LogP contribution in [0, 0.1) is 5.92 Å². The van der Waals surface area contributed by atoms with Crippen molar-refractivity contribution in [2.45, 2.75) is 13.3 Å². The van der Waals surface area contributed by atoms with Crippen molar-refractivity contribution < 1.29 is 14.6 Å². The molecule has 100 valence electrons. The van der Waals surface area contributed by atoms with E-state index in [0.29, 0.717) is 30.0 Å². The summed E-state index contributed by atoms with van der Waals surface area (Å²) in [5.41, 5.74) is 6.58. The number of benzene rings is 1. The maximum absolute atomic E-state index is 11.9. The van der Waals surface area contributed by atoms with Crippen LogP contribution in [-0.4, -0.2) is 31.3 Å². The van der Waals surface area contributed by atoms with Crippen LogP contribution >= 0.6 is 0 Å². The van der Waals surface area contributed by atoms with E-state index in [1.165, 1.54) is 7.11 Å². The van der Waals surface area contributed by atoms with E-state index in [2.05, 4.69) is 5.32 Å². The van der Waals surface area contributed by atoms with Crippen LogP contribution in [0.5, 0.6) is 5.75 Å². The summed E-state index contributed by atoms with van der Waals surface area (Å²) >= 11 is 0. The highest BCUT2D eigenvalue weighted by molar-refractivity contribution is 5.99. The molecule has 1 atom stereocenters. The lowest BCUT2D eigenvalue weighted by Gasteiger charge is -2.12. The topological polar surface area (TPSA) is 84.6 Å². The van der Waals surface area contributed by atoms with Crippen LogP contribution in [0.4, 0.5) is 5.69 Å². The lowest BCUT2D eigenvalue weighted by atomic mass is 10.1. The lowest BCUT2D eigenvalue weighted by Crippen LogP contribution is -2.29. The molecular weight excluding hydrogens is 232 g/mol. The Hall–Kier alpha value is -1.75. The SMILES string of the molecule is COc1ccc(N)c(C(=O)NCC(C)CCO)c1. The first-order valence-electron chi connectivity index (χ1n) is 5.91. The standard InChI is InChI=1S/C13H20N2O3/c1-9(5-6-16)8-15-13(17)11-7-10(18-2)3-4-12(11)14/h3-4,7,9,16H,5-6,8,14H2,1-2H3,(H,15,17). The molecule has 1 amide bonds. The summed E-state index contributed by atoms with van der Waals surface area (Å²) in [6.45, 7) is 2.60. The van der Waals surface area contributed by atoms with E-state index in [0.717, 1.165) is 0 Å². The van der Waals surface area contributed by atoms with Gasteiger partial charge in [-0.25, -0.2) is 0 Å². The van der Waals surface area contributed by atoms with Gasteiger partial charge in [-0.15, -0.1) is 0 Å². The van der Waals surface area contributed by atoms with E-state index >= 15 is 0 Å². The summed E-state index contributed by atoms with van der Waals surface area (Å²) in [6, 6.07) is 4.97. The molecule has 0 fully saturated rings. The summed E-state index contributed by atoms with van der Waals surface area (Å²) in [5, 5.41) is 11.6. The quantitative estimate of drug-likeness (QED) is 0.660. The van der Waals surface area contributed by atoms with Gasteiger partial charge in [0, 0.05) is 18.8 Å². The molecule has 4 N–H and O–H groups in total. The van der Waals surface area contributed by atoms with Gasteiger partial charge < -0.3 is 20.9 Å². The van der Waals surface area contributed by atoms with E-state index in [-0.39, 0.29) is 18.4 Å². The first kappa shape index (κ1) is 14.3. The number of nitrogens with two attached hydrogens (primary N) is 1. The fourth-order valence-corrected chi connectivity index (χ4v) is 1.54. The number of hydrogen-bond acceptors (Lipinski definition) is 4. The van der Waals surface area contributed by atoms with Crippen molar-refractivity contribution in [3.63, 3.8) is 0 Å². The van der Waals surface area contributed by atoms with Gasteiger partial charge in [0.15, 0.2) is 0 Å². The van der Waals surface area contributed by atoms with E-state index in [1.807, 2.05) is 6.92 Å². The molecule has 0 saturated heterocycles. The Morgan fingerprint density at radius 2 is 2.28 bits per heavy atom. The minimum Gasteiger partial charge on any atom is -0.497 e. The number of hydrogen-bond donors (Lipinski definition) is 3. The molecule has 0 bridgehead atoms. The molecule has 1 rings (SSSR count). The average Bonchev–Trinajstić information content (AvgIpc) is 2.37. The lowest BCUT2D eigenvalue weighted by molar-refractivity contribution is 0.0946. The third-order valence-electron chi connectivity index (χ3n) is 2.74. The molecule has 0 heterocycles. The van der Waals surface area contributed by atoms with E-state index in [1.54, 1.807) is 18.2 Å². The summed E-state index contributed by atoms with van der Waals surface area (Å²) in [4.78, 5) is 11.9. The van der Waals surface area contributed by atoms with Gasteiger partial charge in [0.25, 0.3) is 5.91 Å². The van der Waals surface area contributed by atoms with Crippen LogP contribution in [0.15, 0.2) is 18.2 Å². The second kappa shape index (κ2) is 6.86. The van der Waals surface area contributed by atoms with Crippen molar-refractivity contribution in [1.29, 1.82) is 0 Å². The number of aliphatic hydroxyl groups is 1. The van der Waals surface area contributed by atoms with Crippen LogP contribution in [0.3, 0.4) is 0 Å². The van der Waals surface area contributed by atoms with Crippen LogP contribution in [-0.2, 0) is 0 Å². The van der Waals surface area contributed by atoms with Crippen LogP contribution < -0.4 is 15.8 Å². The number of nitrogen functional groups attached to an aromatic ring is 1. The number of rotatable bonds is 6. The Kier molecular flexibility index (Phi) is 5.45. The first-order valence-corrected chi connectivity index (χ1v) is 5.91. The number of ether oxygens (including phenoxy) is 1. The van der Waals surface area contributed by atoms with Crippen molar-refractivity contribution in [3.05, 3.63) is 23.8 Å². The molecule has 1 aromatic carbocycles. The largest absolute Gasteiger partial charge is 0.497 e. The number of amides is 1. The Labute approximate surface area is 107 Å². The van der Waals surface area contributed by atoms with Crippen molar-refractivity contribution in [3.8, 4) is 5.75 Å². The summed E-state index contributed by atoms with van der Waals surface area (Å²) in [5.74, 6) is 0.597. The number of aliphatic hydroxyl groups excluding tert-OH is 1. The van der Waals surface area contributed by atoms with Gasteiger partial charge in [-0.05, 0) is 30.5 Å². The average molecular weight is 252 g/mol. The Balaban J connectivity index is 2.66. The molecule has 18 heavy (non-hydrogen) atoms. The second-order valence-corrected chi connectivity index (χ2v) is 4.28. The van der Waals surface area contributed by atoms with Gasteiger partial charge in [-0.3, -0.25) is 4.79 Å². The third kappa shape index (κ3) is 3.92. The zero-order chi connectivity index (χ0) is 13.5. The van der Waals surface area contributed by atoms with Gasteiger partial charge in [-0.1, -0.05) is 6.92 Å². The maximum Gasteiger partial charge on any atom is 0.253 e. The minimum absolute atomic E-state index is 0.123. The van der Waals surface area contributed by atoms with Gasteiger partial charge in [0.05, 0.1) is 12.7 Å². The smallest absolute Gasteiger partial charge is 0.253 e. The predicted octanol–water partition coefficient (Wildman–Crippen LogP) is 1.03. The molecule has 0 radical (unpaired) electrons. The third-order valence-corrected chi connectivity index (χ3v) is 2.74. The molecule has 0 saturated carbocycles. The monoisotopic (exact) mass is 252 g/mol. The zero-order valence-electron chi connectivity index (χ0n) is 10.8. The summed E-state index contributed by atoms with van der Waals surface area (Å²) < 4.78 is 5.06. The molecule has 0 aliphatic rings. The molecule has 0 spiro atoms. The van der Waals surface area contributed by atoms with Gasteiger partial charge in [0.1, 0.15) is 5.75 Å². The number of anilines is 1. The molecule has 5 nitrogen and oxygen atoms in total. The van der Waals surface area contributed by atoms with E-state index < -0.39 is 0 Å². The molecule has 0 aromatic heterocycles. The highest BCUT2D eigenvalue weighted by Crippen LogP contribution is 2.19. The van der Waals surface area contributed by atoms with Crippen molar-refractivity contribution >= 4 is 11.6 Å². The highest BCUT2D eigenvalue weighted by atomic mass is 16.5. The summed E-state index contributed by atoms with van der Waals surface area (Å²) in [6.07, 6.45) is 0.661. The molecule has 0 aliphatic carbocycles. The first-order chi connectivity index (χ1) is 8.58. The summed E-state index contributed by atoms with van der Waals surface area (Å²) in [7, 11) is 1.54. The zero-order valence-corrected chi connectivity index (χ0v) is 10.8.